The molecule has 0 N–H and O–H groups in total. The van der Waals surface area contributed by atoms with Crippen molar-refractivity contribution >= 4 is 44.9 Å². The van der Waals surface area contributed by atoms with Gasteiger partial charge in [0.05, 0.1) is 16.0 Å². The lowest BCUT2D eigenvalue weighted by Gasteiger charge is -2.28. The van der Waals surface area contributed by atoms with Crippen LogP contribution in [0, 0.1) is 6.92 Å². The third kappa shape index (κ3) is 3.62. The summed E-state index contributed by atoms with van der Waals surface area (Å²) in [5, 5.41) is 0. The van der Waals surface area contributed by atoms with Gasteiger partial charge in [-0.1, -0.05) is 42.1 Å². The fraction of sp³-hybridized carbons (Fsp3) is 0.263. The average Bonchev–Trinajstić information content (AvgIpc) is 2.97. The molecule has 24 heavy (non-hydrogen) atoms. The summed E-state index contributed by atoms with van der Waals surface area (Å²) in [5.41, 5.74) is 3.10. The molecule has 1 heterocycles. The highest BCUT2D eigenvalue weighted by molar-refractivity contribution is 8.01. The van der Waals surface area contributed by atoms with E-state index in [1.807, 2.05) is 68.1 Å². The van der Waals surface area contributed by atoms with Gasteiger partial charge >= 0.3 is 0 Å². The van der Waals surface area contributed by atoms with Crippen molar-refractivity contribution in [3.8, 4) is 0 Å². The van der Waals surface area contributed by atoms with E-state index >= 15 is 0 Å². The first-order valence-corrected chi connectivity index (χ1v) is 9.72. The van der Waals surface area contributed by atoms with Crippen LogP contribution < -0.4 is 4.90 Å². The molecule has 0 unspecified atom stereocenters. The van der Waals surface area contributed by atoms with Crippen LogP contribution in [0.25, 0.3) is 10.2 Å². The lowest BCUT2D eigenvalue weighted by molar-refractivity contribution is -0.116. The molecule has 0 fully saturated rings. The number of amides is 1. The van der Waals surface area contributed by atoms with Crippen LogP contribution >= 0.6 is 23.1 Å². The molecule has 0 aliphatic heterocycles. The number of benzene rings is 2. The Morgan fingerprint density at radius 3 is 2.58 bits per heavy atom. The van der Waals surface area contributed by atoms with E-state index in [0.717, 1.165) is 25.8 Å². The molecule has 1 aromatic heterocycles. The van der Waals surface area contributed by atoms with Gasteiger partial charge in [-0.15, -0.1) is 11.3 Å². The minimum absolute atomic E-state index is 0.114. The van der Waals surface area contributed by atoms with Gasteiger partial charge in [0.1, 0.15) is 0 Å². The van der Waals surface area contributed by atoms with Crippen LogP contribution in [0.4, 0.5) is 5.69 Å². The van der Waals surface area contributed by atoms with Crippen LogP contribution in [0.2, 0.25) is 0 Å². The van der Waals surface area contributed by atoms with Gasteiger partial charge in [-0.25, -0.2) is 4.98 Å². The van der Waals surface area contributed by atoms with Crippen LogP contribution in [0.3, 0.4) is 0 Å². The molecule has 0 atom stereocenters. The molecule has 3 rings (SSSR count). The van der Waals surface area contributed by atoms with E-state index in [2.05, 4.69) is 11.1 Å². The maximum Gasteiger partial charge on any atom is 0.237 e. The number of hydrogen-bond acceptors (Lipinski definition) is 4. The van der Waals surface area contributed by atoms with Gasteiger partial charge in [0.25, 0.3) is 0 Å². The number of aryl methyl sites for hydroxylation is 1. The van der Waals surface area contributed by atoms with Gasteiger partial charge in [-0.2, -0.15) is 0 Å². The minimum Gasteiger partial charge on any atom is -0.309 e. The van der Waals surface area contributed by atoms with Crippen LogP contribution in [-0.4, -0.2) is 22.7 Å². The second-order valence-corrected chi connectivity index (χ2v) is 8.13. The van der Waals surface area contributed by atoms with E-state index in [1.165, 1.54) is 11.8 Å². The zero-order valence-corrected chi connectivity index (χ0v) is 15.7. The SMILES string of the molecule is Cc1ccccc1N(C(=O)CSc1nc2ccccc2s1)C(C)C. The molecule has 5 heteroatoms. The van der Waals surface area contributed by atoms with Crippen molar-refractivity contribution in [3.05, 3.63) is 54.1 Å². The standard InChI is InChI=1S/C19H20N2OS2/c1-13(2)21(16-10-6-4-8-14(16)3)18(22)12-23-19-20-15-9-5-7-11-17(15)24-19/h4-11,13H,12H2,1-3H3. The predicted octanol–water partition coefficient (Wildman–Crippen LogP) is 5.14. The molecule has 0 aliphatic carbocycles. The largest absolute Gasteiger partial charge is 0.309 e. The first-order chi connectivity index (χ1) is 11.6. The quantitative estimate of drug-likeness (QED) is 0.594. The highest BCUT2D eigenvalue weighted by Gasteiger charge is 2.21. The Hall–Kier alpha value is -1.85. The van der Waals surface area contributed by atoms with Crippen molar-refractivity contribution in [2.75, 3.05) is 10.7 Å². The molecule has 1 amide bonds. The fourth-order valence-electron chi connectivity index (χ4n) is 2.64. The van der Waals surface area contributed by atoms with Gasteiger partial charge in [-0.05, 0) is 44.5 Å². The Kier molecular flexibility index (Phi) is 5.21. The molecule has 0 radical (unpaired) electrons. The van der Waals surface area contributed by atoms with Crippen molar-refractivity contribution in [1.82, 2.24) is 4.98 Å². The van der Waals surface area contributed by atoms with Crippen molar-refractivity contribution in [1.29, 1.82) is 0 Å². The molecule has 124 valence electrons. The van der Waals surface area contributed by atoms with Crippen molar-refractivity contribution in [2.24, 2.45) is 0 Å². The molecule has 0 spiro atoms. The Morgan fingerprint density at radius 2 is 1.88 bits per heavy atom. The number of fused-ring (bicyclic) bond motifs is 1. The first-order valence-electron chi connectivity index (χ1n) is 7.92. The first kappa shape index (κ1) is 17.0. The van der Waals surface area contributed by atoms with Gasteiger partial charge in [-0.3, -0.25) is 4.79 Å². The maximum atomic E-state index is 12.8. The number of rotatable bonds is 5. The maximum absolute atomic E-state index is 12.8. The molecule has 2 aromatic carbocycles. The average molecular weight is 357 g/mol. The normalized spacial score (nSPS) is 11.2. The monoisotopic (exact) mass is 356 g/mol. The number of hydrogen-bond donors (Lipinski definition) is 0. The number of thiazole rings is 1. The summed E-state index contributed by atoms with van der Waals surface area (Å²) >= 11 is 3.16. The van der Waals surface area contributed by atoms with Gasteiger partial charge in [0.2, 0.25) is 5.91 Å². The van der Waals surface area contributed by atoms with E-state index in [9.17, 15) is 4.79 Å². The van der Waals surface area contributed by atoms with Gasteiger partial charge < -0.3 is 4.90 Å². The number of thioether (sulfide) groups is 1. The topological polar surface area (TPSA) is 33.2 Å². The molecule has 3 nitrogen and oxygen atoms in total. The summed E-state index contributed by atoms with van der Waals surface area (Å²) < 4.78 is 2.10. The van der Waals surface area contributed by atoms with Crippen molar-refractivity contribution in [3.63, 3.8) is 0 Å². The van der Waals surface area contributed by atoms with Crippen LogP contribution in [0.5, 0.6) is 0 Å². The number of aromatic nitrogens is 1. The Bertz CT molecular complexity index is 824. The van der Waals surface area contributed by atoms with Crippen LogP contribution in [0.15, 0.2) is 52.9 Å². The Morgan fingerprint density at radius 1 is 1.17 bits per heavy atom. The van der Waals surface area contributed by atoms with Crippen LogP contribution in [-0.2, 0) is 4.79 Å². The zero-order valence-electron chi connectivity index (χ0n) is 14.0. The van der Waals surface area contributed by atoms with E-state index < -0.39 is 0 Å². The molecular weight excluding hydrogens is 336 g/mol. The summed E-state index contributed by atoms with van der Waals surface area (Å²) in [6, 6.07) is 16.2. The lowest BCUT2D eigenvalue weighted by atomic mass is 10.1. The number of carbonyl (C=O) groups excluding carboxylic acids is 1. The molecule has 0 bridgehead atoms. The van der Waals surface area contributed by atoms with Crippen molar-refractivity contribution in [2.45, 2.75) is 31.2 Å². The fourth-order valence-corrected chi connectivity index (χ4v) is 4.57. The predicted molar refractivity (Wildman–Crippen MR) is 104 cm³/mol. The summed E-state index contributed by atoms with van der Waals surface area (Å²) in [7, 11) is 0. The third-order valence-corrected chi connectivity index (χ3v) is 5.92. The number of carbonyl (C=O) groups is 1. The van der Waals surface area contributed by atoms with E-state index in [4.69, 9.17) is 0 Å². The van der Waals surface area contributed by atoms with Crippen molar-refractivity contribution < 1.29 is 4.79 Å². The van der Waals surface area contributed by atoms with Crippen LogP contribution in [0.1, 0.15) is 19.4 Å². The second-order valence-electron chi connectivity index (χ2n) is 5.88. The van der Waals surface area contributed by atoms with E-state index in [0.29, 0.717) is 5.75 Å². The van der Waals surface area contributed by atoms with E-state index in [1.54, 1.807) is 11.3 Å². The zero-order chi connectivity index (χ0) is 17.1. The summed E-state index contributed by atoms with van der Waals surface area (Å²) in [4.78, 5) is 19.3. The molecular formula is C19H20N2OS2. The number of nitrogens with zero attached hydrogens (tertiary/aromatic N) is 2. The molecule has 0 saturated heterocycles. The Labute approximate surface area is 150 Å². The summed E-state index contributed by atoms with van der Waals surface area (Å²) in [5.74, 6) is 0.510. The summed E-state index contributed by atoms with van der Waals surface area (Å²) in [6.07, 6.45) is 0. The molecule has 0 aliphatic rings. The third-order valence-electron chi connectivity index (χ3n) is 3.75. The van der Waals surface area contributed by atoms with Gasteiger partial charge in [0.15, 0.2) is 4.34 Å². The Balaban J connectivity index is 1.75. The van der Waals surface area contributed by atoms with Gasteiger partial charge in [0, 0.05) is 11.7 Å². The van der Waals surface area contributed by atoms with E-state index in [-0.39, 0.29) is 11.9 Å². The molecule has 3 aromatic rings. The lowest BCUT2D eigenvalue weighted by Crippen LogP contribution is -2.38. The summed E-state index contributed by atoms with van der Waals surface area (Å²) in [6.45, 7) is 6.14. The molecule has 0 saturated carbocycles. The number of anilines is 1. The minimum atomic E-state index is 0.114. The smallest absolute Gasteiger partial charge is 0.237 e. The number of para-hydroxylation sites is 2. The highest BCUT2D eigenvalue weighted by atomic mass is 32.2. The highest BCUT2D eigenvalue weighted by Crippen LogP contribution is 2.30. The second kappa shape index (κ2) is 7.36.